The van der Waals surface area contributed by atoms with Crippen molar-refractivity contribution in [2.24, 2.45) is 0 Å². The molecule has 0 aliphatic carbocycles. The number of rotatable bonds is 7. The normalized spacial score (nSPS) is 14.0. The molecule has 0 saturated heterocycles. The Balaban J connectivity index is 2.13. The predicted octanol–water partition coefficient (Wildman–Crippen LogP) is 3.05. The second-order valence-corrected chi connectivity index (χ2v) is 5.56. The highest BCUT2D eigenvalue weighted by Crippen LogP contribution is 2.26. The molecule has 0 aromatic heterocycles. The molecule has 23 heavy (non-hydrogen) atoms. The van der Waals surface area contributed by atoms with Crippen LogP contribution in [0.5, 0.6) is 0 Å². The second kappa shape index (κ2) is 8.15. The maximum absolute atomic E-state index is 13.8. The van der Waals surface area contributed by atoms with Gasteiger partial charge in [0.15, 0.2) is 0 Å². The topological polar surface area (TPSA) is 43.7 Å². The monoisotopic (exact) mass is 321 g/mol. The molecule has 5 heteroatoms. The summed E-state index contributed by atoms with van der Waals surface area (Å²) in [6.07, 6.45) is -0.579. The average molecular weight is 321 g/mol. The third-order valence-corrected chi connectivity index (χ3v) is 3.90. The number of nitrogens with zero attached hydrogens (tertiary/aromatic N) is 1. The first-order valence-corrected chi connectivity index (χ1v) is 7.52. The van der Waals surface area contributed by atoms with Crippen LogP contribution in [0.4, 0.5) is 8.78 Å². The van der Waals surface area contributed by atoms with E-state index in [-0.39, 0.29) is 24.8 Å². The van der Waals surface area contributed by atoms with Crippen molar-refractivity contribution in [2.75, 3.05) is 20.2 Å². The number of benzene rings is 2. The van der Waals surface area contributed by atoms with Crippen LogP contribution in [0.2, 0.25) is 0 Å². The molecule has 3 nitrogen and oxygen atoms in total. The molecule has 2 aromatic rings. The molecule has 2 atom stereocenters. The van der Waals surface area contributed by atoms with E-state index in [2.05, 4.69) is 0 Å². The van der Waals surface area contributed by atoms with Crippen LogP contribution in [0.3, 0.4) is 0 Å². The summed E-state index contributed by atoms with van der Waals surface area (Å²) in [5.41, 5.74) is 1.07. The summed E-state index contributed by atoms with van der Waals surface area (Å²) in [7, 11) is 1.80. The van der Waals surface area contributed by atoms with E-state index in [1.165, 1.54) is 6.07 Å². The van der Waals surface area contributed by atoms with Crippen molar-refractivity contribution in [3.05, 3.63) is 71.3 Å². The van der Waals surface area contributed by atoms with Crippen molar-refractivity contribution in [2.45, 2.75) is 18.6 Å². The zero-order valence-corrected chi connectivity index (χ0v) is 13.0. The van der Waals surface area contributed by atoms with Gasteiger partial charge < -0.3 is 10.2 Å². The lowest BCUT2D eigenvalue weighted by Gasteiger charge is -2.30. The third kappa shape index (κ3) is 4.58. The molecule has 0 radical (unpaired) electrons. The van der Waals surface area contributed by atoms with Gasteiger partial charge in [-0.1, -0.05) is 36.4 Å². The Labute approximate surface area is 134 Å². The maximum atomic E-state index is 13.8. The maximum Gasteiger partial charge on any atom is 0.131 e. The average Bonchev–Trinajstić information content (AvgIpc) is 2.53. The van der Waals surface area contributed by atoms with E-state index in [1.54, 1.807) is 7.05 Å². The molecule has 124 valence electrons. The van der Waals surface area contributed by atoms with Crippen molar-refractivity contribution in [3.8, 4) is 0 Å². The van der Waals surface area contributed by atoms with E-state index >= 15 is 0 Å². The van der Waals surface area contributed by atoms with Crippen molar-refractivity contribution in [3.63, 3.8) is 0 Å². The minimum Gasteiger partial charge on any atom is -0.396 e. The molecule has 0 aliphatic rings. The van der Waals surface area contributed by atoms with E-state index in [9.17, 15) is 19.0 Å². The smallest absolute Gasteiger partial charge is 0.131 e. The lowest BCUT2D eigenvalue weighted by molar-refractivity contribution is 0.0913. The van der Waals surface area contributed by atoms with Gasteiger partial charge in [-0.05, 0) is 25.1 Å². The first-order chi connectivity index (χ1) is 11.0. The first-order valence-electron chi connectivity index (χ1n) is 7.52. The summed E-state index contributed by atoms with van der Waals surface area (Å²) < 4.78 is 26.7. The van der Waals surface area contributed by atoms with Gasteiger partial charge in [0.1, 0.15) is 11.6 Å². The molecule has 0 spiro atoms. The standard InChI is InChI=1S/C18H21F2NO2/c1-21(17(9-10-22)13-5-3-2-4-6-13)12-18(23)15-8-7-14(19)11-16(15)20/h2-8,11,17-18,22-23H,9-10,12H2,1H3. The molecule has 2 N–H and O–H groups in total. The molecule has 2 aromatic carbocycles. The highest BCUT2D eigenvalue weighted by atomic mass is 19.1. The van der Waals surface area contributed by atoms with Crippen molar-refractivity contribution in [1.29, 1.82) is 0 Å². The molecule has 0 bridgehead atoms. The van der Waals surface area contributed by atoms with Crippen molar-refractivity contribution >= 4 is 0 Å². The Bertz CT molecular complexity index is 622. The Morgan fingerprint density at radius 3 is 2.39 bits per heavy atom. The van der Waals surface area contributed by atoms with E-state index in [0.717, 1.165) is 17.7 Å². The van der Waals surface area contributed by atoms with Gasteiger partial charge in [0.25, 0.3) is 0 Å². The third-order valence-electron chi connectivity index (χ3n) is 3.90. The molecule has 0 amide bonds. The lowest BCUT2D eigenvalue weighted by Crippen LogP contribution is -2.30. The van der Waals surface area contributed by atoms with Crippen LogP contribution in [0, 0.1) is 11.6 Å². The molecular weight excluding hydrogens is 300 g/mol. The Morgan fingerprint density at radius 2 is 1.78 bits per heavy atom. The summed E-state index contributed by atoms with van der Waals surface area (Å²) >= 11 is 0. The van der Waals surface area contributed by atoms with Gasteiger partial charge in [-0.3, -0.25) is 4.90 Å². The SMILES string of the molecule is CN(CC(O)c1ccc(F)cc1F)C(CCO)c1ccccc1. The van der Waals surface area contributed by atoms with Gasteiger partial charge in [0, 0.05) is 30.8 Å². The van der Waals surface area contributed by atoms with E-state index in [4.69, 9.17) is 0 Å². The summed E-state index contributed by atoms with van der Waals surface area (Å²) in [5.74, 6) is -1.43. The van der Waals surface area contributed by atoms with Gasteiger partial charge in [0.2, 0.25) is 0 Å². The number of likely N-dealkylation sites (N-methyl/N-ethyl adjacent to an activating group) is 1. The van der Waals surface area contributed by atoms with Crippen LogP contribution >= 0.6 is 0 Å². The molecule has 0 heterocycles. The van der Waals surface area contributed by atoms with Crippen LogP contribution in [0.15, 0.2) is 48.5 Å². The van der Waals surface area contributed by atoms with E-state index in [0.29, 0.717) is 6.42 Å². The summed E-state index contributed by atoms with van der Waals surface area (Å²) in [4.78, 5) is 1.86. The first kappa shape index (κ1) is 17.5. The number of aliphatic hydroxyl groups excluding tert-OH is 2. The number of halogens is 2. The molecule has 0 fully saturated rings. The summed E-state index contributed by atoms with van der Waals surface area (Å²) in [6, 6.07) is 12.7. The Morgan fingerprint density at radius 1 is 1.09 bits per heavy atom. The highest BCUT2D eigenvalue weighted by Gasteiger charge is 2.21. The molecule has 0 aliphatic heterocycles. The highest BCUT2D eigenvalue weighted by molar-refractivity contribution is 5.22. The lowest BCUT2D eigenvalue weighted by atomic mass is 10.0. The summed E-state index contributed by atoms with van der Waals surface area (Å²) in [5, 5.41) is 19.5. The van der Waals surface area contributed by atoms with Crippen molar-refractivity contribution < 1.29 is 19.0 Å². The fourth-order valence-electron chi connectivity index (χ4n) is 2.71. The van der Waals surface area contributed by atoms with Crippen LogP contribution < -0.4 is 0 Å². The van der Waals surface area contributed by atoms with Gasteiger partial charge in [0.05, 0.1) is 6.10 Å². The fraction of sp³-hybridized carbons (Fsp3) is 0.333. The minimum absolute atomic E-state index is 0.00487. The predicted molar refractivity (Wildman–Crippen MR) is 84.8 cm³/mol. The fourth-order valence-corrected chi connectivity index (χ4v) is 2.71. The quantitative estimate of drug-likeness (QED) is 0.824. The van der Waals surface area contributed by atoms with Crippen LogP contribution in [0.25, 0.3) is 0 Å². The largest absolute Gasteiger partial charge is 0.396 e. The van der Waals surface area contributed by atoms with E-state index in [1.807, 2.05) is 35.2 Å². The van der Waals surface area contributed by atoms with E-state index < -0.39 is 17.7 Å². The number of aliphatic hydroxyl groups is 2. The number of hydrogen-bond acceptors (Lipinski definition) is 3. The zero-order valence-electron chi connectivity index (χ0n) is 13.0. The van der Waals surface area contributed by atoms with Gasteiger partial charge >= 0.3 is 0 Å². The molecule has 2 rings (SSSR count). The van der Waals surface area contributed by atoms with Crippen LogP contribution in [-0.2, 0) is 0 Å². The summed E-state index contributed by atoms with van der Waals surface area (Å²) in [6.45, 7) is 0.174. The Kier molecular flexibility index (Phi) is 6.21. The van der Waals surface area contributed by atoms with Crippen LogP contribution in [0.1, 0.15) is 29.7 Å². The molecule has 0 saturated carbocycles. The van der Waals surface area contributed by atoms with Crippen LogP contribution in [-0.4, -0.2) is 35.3 Å². The van der Waals surface area contributed by atoms with Gasteiger partial charge in [-0.2, -0.15) is 0 Å². The number of hydrogen-bond donors (Lipinski definition) is 2. The molecule has 2 unspecified atom stereocenters. The Hall–Kier alpha value is -1.82. The second-order valence-electron chi connectivity index (χ2n) is 5.56. The molecular formula is C18H21F2NO2. The zero-order chi connectivity index (χ0) is 16.8. The van der Waals surface area contributed by atoms with Gasteiger partial charge in [-0.15, -0.1) is 0 Å². The minimum atomic E-state index is -1.08. The van der Waals surface area contributed by atoms with Crippen molar-refractivity contribution in [1.82, 2.24) is 4.90 Å². The van der Waals surface area contributed by atoms with Gasteiger partial charge in [-0.25, -0.2) is 8.78 Å².